The SMILES string of the molecule is CCNC(=NCc1nc(C)c(C)o1)NCCS(=O)(=O)NCc1ccccc1.I. The summed E-state index contributed by atoms with van der Waals surface area (Å²) in [6.07, 6.45) is 0. The second-order valence-corrected chi connectivity index (χ2v) is 7.92. The van der Waals surface area contributed by atoms with Gasteiger partial charge in [-0.2, -0.15) is 0 Å². The van der Waals surface area contributed by atoms with Gasteiger partial charge in [0.2, 0.25) is 15.9 Å². The predicted octanol–water partition coefficient (Wildman–Crippen LogP) is 2.08. The molecule has 28 heavy (non-hydrogen) atoms. The summed E-state index contributed by atoms with van der Waals surface area (Å²) in [6.45, 7) is 7.13. The van der Waals surface area contributed by atoms with Crippen molar-refractivity contribution in [2.24, 2.45) is 4.99 Å². The van der Waals surface area contributed by atoms with Crippen LogP contribution in [0.4, 0.5) is 0 Å². The number of sulfonamides is 1. The van der Waals surface area contributed by atoms with Gasteiger partial charge in [-0.25, -0.2) is 23.1 Å². The summed E-state index contributed by atoms with van der Waals surface area (Å²) < 4.78 is 32.3. The summed E-state index contributed by atoms with van der Waals surface area (Å²) in [6, 6.07) is 9.40. The van der Waals surface area contributed by atoms with Crippen molar-refractivity contribution in [3.8, 4) is 0 Å². The van der Waals surface area contributed by atoms with Crippen LogP contribution < -0.4 is 15.4 Å². The maximum atomic E-state index is 12.1. The first-order valence-corrected chi connectivity index (χ1v) is 10.5. The van der Waals surface area contributed by atoms with Gasteiger partial charge < -0.3 is 15.1 Å². The third-order valence-electron chi connectivity index (χ3n) is 3.79. The highest BCUT2D eigenvalue weighted by molar-refractivity contribution is 14.0. The summed E-state index contributed by atoms with van der Waals surface area (Å²) in [5, 5.41) is 6.09. The highest BCUT2D eigenvalue weighted by Gasteiger charge is 2.10. The summed E-state index contributed by atoms with van der Waals surface area (Å²) in [5.74, 6) is 1.76. The Bertz CT molecular complexity index is 834. The average Bonchev–Trinajstić information content (AvgIpc) is 2.97. The molecular formula is C18H28IN5O3S. The molecule has 0 fully saturated rings. The molecule has 0 amide bonds. The van der Waals surface area contributed by atoms with E-state index < -0.39 is 10.0 Å². The molecule has 2 aromatic rings. The number of oxazole rings is 1. The lowest BCUT2D eigenvalue weighted by Crippen LogP contribution is -2.41. The number of aliphatic imine (C=N–C) groups is 1. The number of aromatic nitrogens is 1. The lowest BCUT2D eigenvalue weighted by molar-refractivity contribution is 0.473. The van der Waals surface area contributed by atoms with Crippen molar-refractivity contribution in [1.29, 1.82) is 0 Å². The van der Waals surface area contributed by atoms with Gasteiger partial charge in [0.15, 0.2) is 5.96 Å². The first-order valence-electron chi connectivity index (χ1n) is 8.86. The third-order valence-corrected chi connectivity index (χ3v) is 5.12. The highest BCUT2D eigenvalue weighted by atomic mass is 127. The number of hydrogen-bond acceptors (Lipinski definition) is 5. The average molecular weight is 521 g/mol. The lowest BCUT2D eigenvalue weighted by Gasteiger charge is -2.11. The van der Waals surface area contributed by atoms with Crippen LogP contribution in [0.25, 0.3) is 0 Å². The van der Waals surface area contributed by atoms with Crippen LogP contribution >= 0.6 is 24.0 Å². The minimum atomic E-state index is -3.39. The Morgan fingerprint density at radius 1 is 1.18 bits per heavy atom. The van der Waals surface area contributed by atoms with Gasteiger partial charge in [0.05, 0.1) is 11.4 Å². The van der Waals surface area contributed by atoms with E-state index >= 15 is 0 Å². The molecule has 0 bridgehead atoms. The Morgan fingerprint density at radius 3 is 2.50 bits per heavy atom. The number of benzene rings is 1. The van der Waals surface area contributed by atoms with Crippen LogP contribution in [-0.4, -0.2) is 38.2 Å². The minimum Gasteiger partial charge on any atom is -0.444 e. The van der Waals surface area contributed by atoms with E-state index in [0.29, 0.717) is 18.4 Å². The molecule has 0 saturated carbocycles. The molecule has 1 heterocycles. The molecule has 0 spiro atoms. The largest absolute Gasteiger partial charge is 0.444 e. The van der Waals surface area contributed by atoms with Crippen LogP contribution in [0, 0.1) is 13.8 Å². The van der Waals surface area contributed by atoms with E-state index in [-0.39, 0.29) is 49.4 Å². The fraction of sp³-hybridized carbons (Fsp3) is 0.444. The topological polar surface area (TPSA) is 109 Å². The van der Waals surface area contributed by atoms with Gasteiger partial charge in [0.1, 0.15) is 12.3 Å². The molecule has 2 rings (SSSR count). The van der Waals surface area contributed by atoms with Gasteiger partial charge >= 0.3 is 0 Å². The molecule has 0 radical (unpaired) electrons. The zero-order valence-corrected chi connectivity index (χ0v) is 19.5. The normalized spacial score (nSPS) is 11.8. The van der Waals surface area contributed by atoms with E-state index in [1.807, 2.05) is 51.1 Å². The quantitative estimate of drug-likeness (QED) is 0.265. The van der Waals surface area contributed by atoms with Crippen molar-refractivity contribution >= 4 is 40.0 Å². The lowest BCUT2D eigenvalue weighted by atomic mass is 10.2. The standard InChI is InChI=1S/C18H27N5O3S.HI/c1-4-19-18(21-13-17-23-14(2)15(3)26-17)20-10-11-27(24,25)22-12-16-8-6-5-7-9-16;/h5-9,22H,4,10-13H2,1-3H3,(H2,19,20,21);1H. The molecule has 0 saturated heterocycles. The summed E-state index contributed by atoms with van der Waals surface area (Å²) in [7, 11) is -3.39. The Labute approximate surface area is 183 Å². The molecule has 0 aliphatic rings. The van der Waals surface area contributed by atoms with Crippen molar-refractivity contribution in [2.45, 2.75) is 33.9 Å². The molecule has 8 nitrogen and oxygen atoms in total. The van der Waals surface area contributed by atoms with Crippen LogP contribution in [0.15, 0.2) is 39.7 Å². The molecule has 1 aromatic heterocycles. The monoisotopic (exact) mass is 521 g/mol. The van der Waals surface area contributed by atoms with E-state index in [1.54, 1.807) is 0 Å². The van der Waals surface area contributed by atoms with E-state index in [9.17, 15) is 8.42 Å². The summed E-state index contributed by atoms with van der Waals surface area (Å²) in [4.78, 5) is 8.65. The zero-order chi connectivity index (χ0) is 19.7. The van der Waals surface area contributed by atoms with Crippen molar-refractivity contribution in [3.63, 3.8) is 0 Å². The van der Waals surface area contributed by atoms with Crippen molar-refractivity contribution in [3.05, 3.63) is 53.2 Å². The third kappa shape index (κ3) is 8.57. The molecule has 0 aliphatic carbocycles. The number of rotatable bonds is 9. The number of nitrogens with one attached hydrogen (secondary N) is 3. The predicted molar refractivity (Wildman–Crippen MR) is 121 cm³/mol. The van der Waals surface area contributed by atoms with Crippen LogP contribution in [-0.2, 0) is 23.1 Å². The van der Waals surface area contributed by atoms with Crippen molar-refractivity contribution in [2.75, 3.05) is 18.8 Å². The second-order valence-electron chi connectivity index (χ2n) is 6.00. The van der Waals surface area contributed by atoms with Crippen molar-refractivity contribution < 1.29 is 12.8 Å². The van der Waals surface area contributed by atoms with Crippen LogP contribution in [0.2, 0.25) is 0 Å². The van der Waals surface area contributed by atoms with Crippen LogP contribution in [0.1, 0.15) is 29.8 Å². The minimum absolute atomic E-state index is 0. The second kappa shape index (κ2) is 12.0. The van der Waals surface area contributed by atoms with E-state index in [1.165, 1.54) is 0 Å². The molecule has 1 aromatic carbocycles. The maximum absolute atomic E-state index is 12.1. The first-order chi connectivity index (χ1) is 12.9. The molecule has 0 unspecified atom stereocenters. The number of aryl methyl sites for hydroxylation is 2. The maximum Gasteiger partial charge on any atom is 0.216 e. The number of nitrogens with zero attached hydrogens (tertiary/aromatic N) is 2. The van der Waals surface area contributed by atoms with Crippen LogP contribution in [0.5, 0.6) is 0 Å². The van der Waals surface area contributed by atoms with Gasteiger partial charge in [-0.05, 0) is 26.3 Å². The van der Waals surface area contributed by atoms with Crippen LogP contribution in [0.3, 0.4) is 0 Å². The van der Waals surface area contributed by atoms with E-state index in [2.05, 4.69) is 25.3 Å². The van der Waals surface area contributed by atoms with E-state index in [4.69, 9.17) is 4.42 Å². The van der Waals surface area contributed by atoms with Gasteiger partial charge in [-0.1, -0.05) is 30.3 Å². The summed E-state index contributed by atoms with van der Waals surface area (Å²) in [5.41, 5.74) is 1.76. The Kier molecular flexibility index (Phi) is 10.5. The molecule has 3 N–H and O–H groups in total. The molecule has 156 valence electrons. The smallest absolute Gasteiger partial charge is 0.216 e. The Balaban J connectivity index is 0.00000392. The zero-order valence-electron chi connectivity index (χ0n) is 16.4. The first kappa shape index (κ1) is 24.4. The Hall–Kier alpha value is -1.66. The number of halogens is 1. The molecule has 0 atom stereocenters. The van der Waals surface area contributed by atoms with Gasteiger partial charge in [0, 0.05) is 19.6 Å². The van der Waals surface area contributed by atoms with Gasteiger partial charge in [0.25, 0.3) is 0 Å². The summed E-state index contributed by atoms with van der Waals surface area (Å²) >= 11 is 0. The highest BCUT2D eigenvalue weighted by Crippen LogP contribution is 2.08. The van der Waals surface area contributed by atoms with Gasteiger partial charge in [-0.15, -0.1) is 24.0 Å². The molecular weight excluding hydrogens is 493 g/mol. The Morgan fingerprint density at radius 2 is 1.89 bits per heavy atom. The van der Waals surface area contributed by atoms with Crippen molar-refractivity contribution in [1.82, 2.24) is 20.3 Å². The number of guanidine groups is 1. The molecule has 0 aliphatic heterocycles. The van der Waals surface area contributed by atoms with Gasteiger partial charge in [-0.3, -0.25) is 0 Å². The number of hydrogen-bond donors (Lipinski definition) is 3. The fourth-order valence-corrected chi connectivity index (χ4v) is 3.16. The fourth-order valence-electron chi connectivity index (χ4n) is 2.26. The van der Waals surface area contributed by atoms with E-state index in [0.717, 1.165) is 17.0 Å². The molecule has 10 heteroatoms.